The van der Waals surface area contributed by atoms with Crippen molar-refractivity contribution >= 4 is 11.9 Å². The van der Waals surface area contributed by atoms with Crippen LogP contribution in [0.5, 0.6) is 0 Å². The number of hydrogen-bond donors (Lipinski definition) is 3. The lowest BCUT2D eigenvalue weighted by Gasteiger charge is -2.29. The van der Waals surface area contributed by atoms with E-state index in [0.717, 1.165) is 12.1 Å². The summed E-state index contributed by atoms with van der Waals surface area (Å²) in [6.07, 6.45) is 2.62. The molecule has 8 nitrogen and oxygen atoms in total. The van der Waals surface area contributed by atoms with Crippen LogP contribution in [0.3, 0.4) is 0 Å². The van der Waals surface area contributed by atoms with E-state index in [-0.39, 0.29) is 17.9 Å². The fourth-order valence-electron chi connectivity index (χ4n) is 2.80. The Morgan fingerprint density at radius 3 is 2.84 bits per heavy atom. The standard InChI is InChI=1S/C17H22N6O2/c1-11-8-9-18-16(24)15(11)20-17(25)19-12(2)14-10-23(22-21-14)13-6-4-3-5-7-13/h3-7,10-12,15H,8-9H2,1-2H3,(H,18,24)(H2,19,20,25)/t11-,12+,15+/m1/s1. The molecule has 3 N–H and O–H groups in total. The van der Waals surface area contributed by atoms with E-state index in [4.69, 9.17) is 0 Å². The first-order valence-corrected chi connectivity index (χ1v) is 8.37. The van der Waals surface area contributed by atoms with Crippen molar-refractivity contribution in [3.8, 4) is 5.69 Å². The van der Waals surface area contributed by atoms with Crippen LogP contribution in [0, 0.1) is 5.92 Å². The number of rotatable bonds is 4. The van der Waals surface area contributed by atoms with E-state index in [1.807, 2.05) is 44.2 Å². The molecule has 0 aliphatic carbocycles. The highest BCUT2D eigenvalue weighted by Crippen LogP contribution is 2.14. The maximum atomic E-state index is 12.2. The van der Waals surface area contributed by atoms with Crippen LogP contribution in [0.4, 0.5) is 4.79 Å². The number of amides is 3. The van der Waals surface area contributed by atoms with Gasteiger partial charge in [0.2, 0.25) is 5.91 Å². The highest BCUT2D eigenvalue weighted by Gasteiger charge is 2.30. The van der Waals surface area contributed by atoms with Gasteiger partial charge in [-0.15, -0.1) is 5.10 Å². The van der Waals surface area contributed by atoms with Gasteiger partial charge in [-0.25, -0.2) is 9.48 Å². The van der Waals surface area contributed by atoms with Crippen LogP contribution in [0.25, 0.3) is 5.69 Å². The third-order valence-corrected chi connectivity index (χ3v) is 4.36. The van der Waals surface area contributed by atoms with Gasteiger partial charge in [-0.2, -0.15) is 0 Å². The van der Waals surface area contributed by atoms with Crippen LogP contribution in [-0.4, -0.2) is 39.5 Å². The predicted octanol–water partition coefficient (Wildman–Crippen LogP) is 1.15. The summed E-state index contributed by atoms with van der Waals surface area (Å²) in [6.45, 7) is 4.43. The molecule has 2 heterocycles. The first-order valence-electron chi connectivity index (χ1n) is 8.37. The molecule has 3 amide bonds. The lowest BCUT2D eigenvalue weighted by Crippen LogP contribution is -2.56. The van der Waals surface area contributed by atoms with Crippen LogP contribution in [-0.2, 0) is 4.79 Å². The second kappa shape index (κ2) is 7.33. The summed E-state index contributed by atoms with van der Waals surface area (Å²) in [6, 6.07) is 8.37. The zero-order chi connectivity index (χ0) is 17.8. The van der Waals surface area contributed by atoms with Gasteiger partial charge in [-0.3, -0.25) is 4.79 Å². The van der Waals surface area contributed by atoms with Crippen LogP contribution in [0.15, 0.2) is 36.5 Å². The van der Waals surface area contributed by atoms with E-state index in [0.29, 0.717) is 12.2 Å². The topological polar surface area (TPSA) is 101 Å². The van der Waals surface area contributed by atoms with E-state index in [1.54, 1.807) is 10.9 Å². The number of benzene rings is 1. The van der Waals surface area contributed by atoms with Gasteiger partial charge in [-0.1, -0.05) is 30.3 Å². The first-order chi connectivity index (χ1) is 12.0. The van der Waals surface area contributed by atoms with Gasteiger partial charge in [0, 0.05) is 6.54 Å². The van der Waals surface area contributed by atoms with Crippen molar-refractivity contribution in [3.63, 3.8) is 0 Å². The largest absolute Gasteiger partial charge is 0.354 e. The molecule has 0 unspecified atom stereocenters. The van der Waals surface area contributed by atoms with Crippen molar-refractivity contribution in [2.75, 3.05) is 6.54 Å². The van der Waals surface area contributed by atoms with Gasteiger partial charge >= 0.3 is 6.03 Å². The molecule has 1 aromatic heterocycles. The summed E-state index contributed by atoms with van der Waals surface area (Å²) in [4.78, 5) is 24.1. The van der Waals surface area contributed by atoms with E-state index >= 15 is 0 Å². The molecule has 3 atom stereocenters. The predicted molar refractivity (Wildman–Crippen MR) is 92.0 cm³/mol. The summed E-state index contributed by atoms with van der Waals surface area (Å²) in [5, 5.41) is 16.5. The molecule has 1 aliphatic rings. The molecule has 1 aliphatic heterocycles. The second-order valence-corrected chi connectivity index (χ2v) is 6.30. The number of carbonyl (C=O) groups excluding carboxylic acids is 2. The van der Waals surface area contributed by atoms with Crippen molar-refractivity contribution in [1.82, 2.24) is 30.9 Å². The Bertz CT molecular complexity index is 745. The summed E-state index contributed by atoms with van der Waals surface area (Å²) < 4.78 is 1.65. The van der Waals surface area contributed by atoms with Gasteiger partial charge in [0.1, 0.15) is 11.7 Å². The Kier molecular flexibility index (Phi) is 4.97. The third kappa shape index (κ3) is 3.96. The van der Waals surface area contributed by atoms with E-state index < -0.39 is 12.1 Å². The molecule has 3 rings (SSSR count). The number of urea groups is 1. The molecule has 0 radical (unpaired) electrons. The van der Waals surface area contributed by atoms with Gasteiger partial charge in [0.05, 0.1) is 17.9 Å². The lowest BCUT2D eigenvalue weighted by molar-refractivity contribution is -0.125. The smallest absolute Gasteiger partial charge is 0.315 e. The van der Waals surface area contributed by atoms with Gasteiger partial charge < -0.3 is 16.0 Å². The van der Waals surface area contributed by atoms with Crippen molar-refractivity contribution in [2.24, 2.45) is 5.92 Å². The van der Waals surface area contributed by atoms with E-state index in [9.17, 15) is 9.59 Å². The minimum absolute atomic E-state index is 0.105. The van der Waals surface area contributed by atoms with Crippen molar-refractivity contribution in [3.05, 3.63) is 42.2 Å². The Labute approximate surface area is 146 Å². The van der Waals surface area contributed by atoms with Crippen LogP contribution < -0.4 is 16.0 Å². The number of nitrogens with zero attached hydrogens (tertiary/aromatic N) is 3. The Morgan fingerprint density at radius 2 is 2.12 bits per heavy atom. The SMILES string of the molecule is C[C@H](NC(=O)N[C@@H]1C(=O)NCC[C@H]1C)c1cn(-c2ccccc2)nn1. The quantitative estimate of drug-likeness (QED) is 0.776. The molecule has 1 saturated heterocycles. The zero-order valence-corrected chi connectivity index (χ0v) is 14.3. The van der Waals surface area contributed by atoms with Crippen molar-refractivity contribution in [1.29, 1.82) is 0 Å². The van der Waals surface area contributed by atoms with Crippen LogP contribution in [0.1, 0.15) is 32.0 Å². The van der Waals surface area contributed by atoms with Crippen LogP contribution >= 0.6 is 0 Å². The number of hydrogen-bond acceptors (Lipinski definition) is 4. The van der Waals surface area contributed by atoms with Crippen molar-refractivity contribution in [2.45, 2.75) is 32.4 Å². The Balaban J connectivity index is 1.60. The molecule has 0 spiro atoms. The fourth-order valence-corrected chi connectivity index (χ4v) is 2.80. The molecule has 2 aromatic rings. The molecule has 25 heavy (non-hydrogen) atoms. The number of para-hydroxylation sites is 1. The molecule has 0 saturated carbocycles. The Morgan fingerprint density at radius 1 is 1.36 bits per heavy atom. The fraction of sp³-hybridized carbons (Fsp3) is 0.412. The summed E-state index contributed by atoms with van der Waals surface area (Å²) in [5.74, 6) is -0.0367. The zero-order valence-electron chi connectivity index (χ0n) is 14.3. The summed E-state index contributed by atoms with van der Waals surface area (Å²) in [7, 11) is 0. The van der Waals surface area contributed by atoms with Gasteiger partial charge in [-0.05, 0) is 31.4 Å². The number of carbonyl (C=O) groups is 2. The molecule has 1 aromatic carbocycles. The van der Waals surface area contributed by atoms with Gasteiger partial charge in [0.25, 0.3) is 0 Å². The molecular weight excluding hydrogens is 320 g/mol. The normalized spacial score (nSPS) is 21.3. The number of piperidine rings is 1. The average molecular weight is 342 g/mol. The second-order valence-electron chi connectivity index (χ2n) is 6.30. The first kappa shape index (κ1) is 16.9. The third-order valence-electron chi connectivity index (χ3n) is 4.36. The number of nitrogens with one attached hydrogen (secondary N) is 3. The highest BCUT2D eigenvalue weighted by molar-refractivity contribution is 5.87. The molecule has 1 fully saturated rings. The number of aromatic nitrogens is 3. The summed E-state index contributed by atoms with van der Waals surface area (Å²) >= 11 is 0. The average Bonchev–Trinajstić information content (AvgIpc) is 3.09. The van der Waals surface area contributed by atoms with Crippen molar-refractivity contribution < 1.29 is 9.59 Å². The lowest BCUT2D eigenvalue weighted by atomic mass is 9.94. The van der Waals surface area contributed by atoms with Crippen LogP contribution in [0.2, 0.25) is 0 Å². The minimum Gasteiger partial charge on any atom is -0.354 e. The highest BCUT2D eigenvalue weighted by atomic mass is 16.2. The maximum Gasteiger partial charge on any atom is 0.315 e. The maximum absolute atomic E-state index is 12.2. The molecule has 8 heteroatoms. The molecular formula is C17H22N6O2. The summed E-state index contributed by atoms with van der Waals surface area (Å²) in [5.41, 5.74) is 1.53. The van der Waals surface area contributed by atoms with Gasteiger partial charge in [0.15, 0.2) is 0 Å². The molecule has 0 bridgehead atoms. The van der Waals surface area contributed by atoms with E-state index in [2.05, 4.69) is 26.3 Å². The monoisotopic (exact) mass is 342 g/mol. The van der Waals surface area contributed by atoms with E-state index in [1.165, 1.54) is 0 Å². The molecule has 132 valence electrons. The minimum atomic E-state index is -0.513. The Hall–Kier alpha value is -2.90.